The second-order valence-corrected chi connectivity index (χ2v) is 5.62. The minimum Gasteiger partial charge on any atom is -0.452 e. The molecular weight excluding hydrogens is 276 g/mol. The lowest BCUT2D eigenvalue weighted by Gasteiger charge is -2.27. The maximum atomic E-state index is 12.5. The lowest BCUT2D eigenvalue weighted by atomic mass is 10.2. The van der Waals surface area contributed by atoms with Gasteiger partial charge in [0.25, 0.3) is 5.91 Å². The van der Waals surface area contributed by atoms with Gasteiger partial charge >= 0.3 is 0 Å². The van der Waals surface area contributed by atoms with E-state index in [1.807, 2.05) is 4.90 Å². The highest BCUT2D eigenvalue weighted by Gasteiger charge is 2.21. The smallest absolute Gasteiger partial charge is 0.258 e. The highest BCUT2D eigenvalue weighted by Crippen LogP contribution is 2.19. The molecule has 4 nitrogen and oxygen atoms in total. The van der Waals surface area contributed by atoms with Crippen molar-refractivity contribution in [3.05, 3.63) is 23.1 Å². The zero-order valence-electron chi connectivity index (χ0n) is 12.9. The number of amides is 1. The summed E-state index contributed by atoms with van der Waals surface area (Å²) in [5.74, 6) is 0.367. The molecule has 1 heterocycles. The van der Waals surface area contributed by atoms with Crippen LogP contribution in [0.3, 0.4) is 0 Å². The van der Waals surface area contributed by atoms with Gasteiger partial charge in [-0.2, -0.15) is 0 Å². The number of carbonyl (C=O) groups is 1. The molecule has 0 fully saturated rings. The fraction of sp³-hybridized carbons (Fsp3) is 0.667. The van der Waals surface area contributed by atoms with E-state index in [0.717, 1.165) is 26.2 Å². The zero-order valence-corrected chi connectivity index (χ0v) is 13.6. The van der Waals surface area contributed by atoms with Gasteiger partial charge in [-0.1, -0.05) is 27.7 Å². The van der Waals surface area contributed by atoms with Crippen molar-refractivity contribution in [2.45, 2.75) is 27.7 Å². The summed E-state index contributed by atoms with van der Waals surface area (Å²) in [5, 5.41) is 0.173. The third-order valence-corrected chi connectivity index (χ3v) is 3.59. The van der Waals surface area contributed by atoms with E-state index in [-0.39, 0.29) is 11.1 Å². The van der Waals surface area contributed by atoms with Crippen LogP contribution < -0.4 is 0 Å². The molecule has 0 atom stereocenters. The van der Waals surface area contributed by atoms with E-state index in [2.05, 4.69) is 32.6 Å². The molecule has 5 heteroatoms. The highest BCUT2D eigenvalue weighted by molar-refractivity contribution is 6.32. The molecule has 0 spiro atoms. The Balaban J connectivity index is 2.73. The first-order valence-electron chi connectivity index (χ1n) is 7.24. The van der Waals surface area contributed by atoms with E-state index in [1.54, 1.807) is 6.07 Å². The summed E-state index contributed by atoms with van der Waals surface area (Å²) < 4.78 is 5.02. The van der Waals surface area contributed by atoms with E-state index in [9.17, 15) is 4.79 Å². The predicted molar refractivity (Wildman–Crippen MR) is 82.2 cm³/mol. The molecule has 0 aliphatic heterocycles. The summed E-state index contributed by atoms with van der Waals surface area (Å²) >= 11 is 5.91. The summed E-state index contributed by atoms with van der Waals surface area (Å²) in [6, 6.07) is 1.63. The molecule has 1 rings (SSSR count). The average Bonchev–Trinajstić information content (AvgIpc) is 2.83. The van der Waals surface area contributed by atoms with Gasteiger partial charge in [0.1, 0.15) is 0 Å². The topological polar surface area (TPSA) is 36.7 Å². The number of hydrogen-bond acceptors (Lipinski definition) is 3. The van der Waals surface area contributed by atoms with Crippen molar-refractivity contribution in [1.82, 2.24) is 9.80 Å². The number of furan rings is 1. The zero-order chi connectivity index (χ0) is 15.1. The van der Waals surface area contributed by atoms with Gasteiger partial charge in [0.2, 0.25) is 5.22 Å². The van der Waals surface area contributed by atoms with Crippen LogP contribution in [-0.2, 0) is 0 Å². The Morgan fingerprint density at radius 2 is 1.95 bits per heavy atom. The molecule has 0 unspecified atom stereocenters. The summed E-state index contributed by atoms with van der Waals surface area (Å²) in [4.78, 5) is 16.7. The van der Waals surface area contributed by atoms with Crippen molar-refractivity contribution in [2.24, 2.45) is 5.92 Å². The fourth-order valence-corrected chi connectivity index (χ4v) is 2.33. The van der Waals surface area contributed by atoms with E-state index in [4.69, 9.17) is 16.0 Å². The van der Waals surface area contributed by atoms with Gasteiger partial charge in [-0.25, -0.2) is 0 Å². The molecular formula is C15H25ClN2O2. The molecule has 0 aliphatic rings. The van der Waals surface area contributed by atoms with Gasteiger partial charge in [0.15, 0.2) is 0 Å². The van der Waals surface area contributed by atoms with Crippen LogP contribution in [0.2, 0.25) is 5.22 Å². The second kappa shape index (κ2) is 8.32. The third-order valence-electron chi connectivity index (χ3n) is 3.30. The third kappa shape index (κ3) is 4.84. The predicted octanol–water partition coefficient (Wildman–Crippen LogP) is 3.37. The molecule has 114 valence electrons. The van der Waals surface area contributed by atoms with Gasteiger partial charge < -0.3 is 14.2 Å². The van der Waals surface area contributed by atoms with Crippen LogP contribution in [0.1, 0.15) is 38.1 Å². The SMILES string of the molecule is CCN(CC)CCN(CC(C)C)C(=O)c1ccoc1Cl. The summed E-state index contributed by atoms with van der Waals surface area (Å²) in [6.45, 7) is 12.8. The van der Waals surface area contributed by atoms with Gasteiger partial charge in [0, 0.05) is 19.6 Å². The molecule has 1 amide bonds. The summed E-state index contributed by atoms with van der Waals surface area (Å²) in [5.41, 5.74) is 0.451. The molecule has 20 heavy (non-hydrogen) atoms. The van der Waals surface area contributed by atoms with Gasteiger partial charge in [-0.15, -0.1) is 0 Å². The quantitative estimate of drug-likeness (QED) is 0.738. The first-order valence-corrected chi connectivity index (χ1v) is 7.61. The van der Waals surface area contributed by atoms with Crippen LogP contribution in [-0.4, -0.2) is 48.4 Å². The Labute approximate surface area is 126 Å². The molecule has 0 saturated carbocycles. The Morgan fingerprint density at radius 3 is 2.40 bits per heavy atom. The molecule has 0 N–H and O–H groups in total. The standard InChI is InChI=1S/C15H25ClN2O2/c1-5-17(6-2)8-9-18(11-12(3)4)15(19)13-7-10-20-14(13)16/h7,10,12H,5-6,8-9,11H2,1-4H3. The van der Waals surface area contributed by atoms with Crippen molar-refractivity contribution in [2.75, 3.05) is 32.7 Å². The Bertz CT molecular complexity index is 414. The molecule has 0 aromatic carbocycles. The van der Waals surface area contributed by atoms with Crippen LogP contribution in [0.15, 0.2) is 16.7 Å². The normalized spacial score (nSPS) is 11.3. The van der Waals surface area contributed by atoms with Crippen LogP contribution in [0, 0.1) is 5.92 Å². The van der Waals surface area contributed by atoms with Crippen molar-refractivity contribution in [1.29, 1.82) is 0 Å². The van der Waals surface area contributed by atoms with Gasteiger partial charge in [-0.05, 0) is 36.7 Å². The van der Waals surface area contributed by atoms with Crippen molar-refractivity contribution < 1.29 is 9.21 Å². The Hall–Kier alpha value is -1.00. The summed E-state index contributed by atoms with van der Waals surface area (Å²) in [6.07, 6.45) is 1.45. The fourth-order valence-electron chi connectivity index (χ4n) is 2.13. The maximum absolute atomic E-state index is 12.5. The molecule has 0 aliphatic carbocycles. The lowest BCUT2D eigenvalue weighted by molar-refractivity contribution is 0.0716. The second-order valence-electron chi connectivity index (χ2n) is 5.28. The Kier molecular flexibility index (Phi) is 7.10. The van der Waals surface area contributed by atoms with E-state index >= 15 is 0 Å². The molecule has 1 aromatic rings. The minimum absolute atomic E-state index is 0.0513. The van der Waals surface area contributed by atoms with Crippen molar-refractivity contribution >= 4 is 17.5 Å². The molecule has 0 radical (unpaired) electrons. The molecule has 0 bridgehead atoms. The van der Waals surface area contributed by atoms with Gasteiger partial charge in [-0.3, -0.25) is 4.79 Å². The van der Waals surface area contributed by atoms with Gasteiger partial charge in [0.05, 0.1) is 11.8 Å². The number of hydrogen-bond donors (Lipinski definition) is 0. The monoisotopic (exact) mass is 300 g/mol. The first kappa shape index (κ1) is 17.1. The van der Waals surface area contributed by atoms with Crippen LogP contribution in [0.5, 0.6) is 0 Å². The van der Waals surface area contributed by atoms with Crippen molar-refractivity contribution in [3.63, 3.8) is 0 Å². The number of rotatable bonds is 8. The average molecular weight is 301 g/mol. The van der Waals surface area contributed by atoms with Crippen LogP contribution >= 0.6 is 11.6 Å². The van der Waals surface area contributed by atoms with E-state index in [1.165, 1.54) is 6.26 Å². The molecule has 0 saturated heterocycles. The Morgan fingerprint density at radius 1 is 1.30 bits per heavy atom. The molecule has 1 aromatic heterocycles. The van der Waals surface area contributed by atoms with Crippen LogP contribution in [0.25, 0.3) is 0 Å². The number of carbonyl (C=O) groups excluding carboxylic acids is 1. The lowest BCUT2D eigenvalue weighted by Crippen LogP contribution is -2.40. The van der Waals surface area contributed by atoms with Crippen LogP contribution in [0.4, 0.5) is 0 Å². The van der Waals surface area contributed by atoms with E-state index in [0.29, 0.717) is 18.0 Å². The number of halogens is 1. The number of likely N-dealkylation sites (N-methyl/N-ethyl adjacent to an activating group) is 1. The largest absolute Gasteiger partial charge is 0.452 e. The maximum Gasteiger partial charge on any atom is 0.258 e. The first-order chi connectivity index (χ1) is 9.49. The summed E-state index contributed by atoms with van der Waals surface area (Å²) in [7, 11) is 0. The van der Waals surface area contributed by atoms with Crippen molar-refractivity contribution in [3.8, 4) is 0 Å². The number of nitrogens with zero attached hydrogens (tertiary/aromatic N) is 2. The minimum atomic E-state index is -0.0513. The highest BCUT2D eigenvalue weighted by atomic mass is 35.5. The van der Waals surface area contributed by atoms with E-state index < -0.39 is 0 Å².